The van der Waals surface area contributed by atoms with Gasteiger partial charge in [-0.25, -0.2) is 8.96 Å². The number of primary amides is 1. The van der Waals surface area contributed by atoms with Gasteiger partial charge < -0.3 is 19.7 Å². The maximum absolute atomic E-state index is 13.4. The molecule has 188 valence electrons. The van der Waals surface area contributed by atoms with Crippen LogP contribution in [0.15, 0.2) is 66.9 Å². The third-order valence-corrected chi connectivity index (χ3v) is 7.36. The third-order valence-electron chi connectivity index (χ3n) is 5.01. The molecule has 0 radical (unpaired) electrons. The number of hydrogen-bond donors (Lipinski definition) is 1. The van der Waals surface area contributed by atoms with Gasteiger partial charge in [-0.3, -0.25) is 9.32 Å². The molecule has 0 saturated carbocycles. The zero-order valence-electron chi connectivity index (χ0n) is 18.3. The second kappa shape index (κ2) is 11.1. The first kappa shape index (κ1) is 26.3. The van der Waals surface area contributed by atoms with E-state index in [9.17, 15) is 13.8 Å². The Hall–Kier alpha value is -2.74. The molecule has 1 heterocycles. The Morgan fingerprint density at radius 1 is 1.06 bits per heavy atom. The minimum absolute atomic E-state index is 0.0726. The van der Waals surface area contributed by atoms with Crippen molar-refractivity contribution >= 4 is 48.3 Å². The number of amides is 1. The number of carbonyl (C=O) groups is 1. The molecule has 0 aliphatic carbocycles. The van der Waals surface area contributed by atoms with Crippen LogP contribution in [0.5, 0.6) is 11.5 Å². The predicted molar refractivity (Wildman–Crippen MR) is 134 cm³/mol. The summed E-state index contributed by atoms with van der Waals surface area (Å²) in [6.45, 7) is -0.138. The fourth-order valence-corrected chi connectivity index (χ4v) is 5.32. The van der Waals surface area contributed by atoms with Gasteiger partial charge in [-0.2, -0.15) is 0 Å². The van der Waals surface area contributed by atoms with Gasteiger partial charge in [0.1, 0.15) is 30.0 Å². The van der Waals surface area contributed by atoms with E-state index in [2.05, 4.69) is 0 Å². The first-order valence-corrected chi connectivity index (χ1v) is 13.2. The molecule has 0 fully saturated rings. The maximum Gasteiger partial charge on any atom is 0.416 e. The van der Waals surface area contributed by atoms with Crippen LogP contribution in [0.25, 0.3) is 0 Å². The highest BCUT2D eigenvalue weighted by atomic mass is 35.5. The average Bonchev–Trinajstić information content (AvgIpc) is 2.83. The van der Waals surface area contributed by atoms with Crippen LogP contribution in [0.2, 0.25) is 15.1 Å². The van der Waals surface area contributed by atoms with Gasteiger partial charge in [0.05, 0.1) is 21.9 Å². The van der Waals surface area contributed by atoms with E-state index in [1.54, 1.807) is 30.3 Å². The number of benzene rings is 3. The molecule has 3 aromatic carbocycles. The van der Waals surface area contributed by atoms with Crippen LogP contribution in [0.1, 0.15) is 27.6 Å². The van der Waals surface area contributed by atoms with Crippen molar-refractivity contribution in [2.24, 2.45) is 5.73 Å². The topological polar surface area (TPSA) is 97.1 Å². The Kier molecular flexibility index (Phi) is 8.13. The van der Waals surface area contributed by atoms with Crippen molar-refractivity contribution in [3.8, 4) is 11.5 Å². The lowest BCUT2D eigenvalue weighted by Gasteiger charge is -2.26. The zero-order valence-corrected chi connectivity index (χ0v) is 21.5. The molecule has 0 spiro atoms. The van der Waals surface area contributed by atoms with Crippen molar-refractivity contribution < 1.29 is 32.3 Å². The number of ether oxygens (including phenoxy) is 2. The first-order chi connectivity index (χ1) is 17.1. The lowest BCUT2D eigenvalue weighted by Crippen LogP contribution is -2.13. The summed E-state index contributed by atoms with van der Waals surface area (Å²) in [4.78, 5) is 11.6. The summed E-state index contributed by atoms with van der Waals surface area (Å²) in [6, 6.07) is 13.2. The van der Waals surface area contributed by atoms with Crippen LogP contribution in [0.3, 0.4) is 0 Å². The lowest BCUT2D eigenvalue weighted by atomic mass is 10.1. The molecule has 12 heteroatoms. The van der Waals surface area contributed by atoms with E-state index in [1.165, 1.54) is 24.5 Å². The van der Waals surface area contributed by atoms with Gasteiger partial charge in [-0.05, 0) is 54.1 Å². The molecule has 0 saturated heterocycles. The predicted octanol–water partition coefficient (Wildman–Crippen LogP) is 7.30. The highest BCUT2D eigenvalue weighted by Crippen LogP contribution is 2.55. The highest BCUT2D eigenvalue weighted by Gasteiger charge is 2.33. The molecule has 1 amide bonds. The summed E-state index contributed by atoms with van der Waals surface area (Å²) in [5.41, 5.74) is 6.24. The molecule has 1 aliphatic heterocycles. The lowest BCUT2D eigenvalue weighted by molar-refractivity contribution is 0.0995. The standard InChI is InChI=1S/C24H18Cl3FNO6P/c25-15-3-1-2-14(8-15)22-6-7-34-36(31,35-22)13-33-17-10-20(26)19(21(27)11-17)12-32-23-5-4-16(28)9-18(23)24(29)30/h1-11,22H,12-13H2,(H2,29,30)/t22-,36+/m0/s1. The van der Waals surface area contributed by atoms with Gasteiger partial charge in [-0.1, -0.05) is 46.9 Å². The monoisotopic (exact) mass is 571 g/mol. The van der Waals surface area contributed by atoms with Crippen molar-refractivity contribution in [3.63, 3.8) is 0 Å². The van der Waals surface area contributed by atoms with Crippen LogP contribution < -0.4 is 15.2 Å². The Balaban J connectivity index is 1.43. The molecule has 0 bridgehead atoms. The normalized spacial score (nSPS) is 18.9. The van der Waals surface area contributed by atoms with Gasteiger partial charge in [0.15, 0.2) is 0 Å². The molecule has 36 heavy (non-hydrogen) atoms. The molecule has 4 rings (SSSR count). The second-order valence-electron chi connectivity index (χ2n) is 7.56. The molecule has 3 aromatic rings. The Bertz CT molecular complexity index is 1360. The fraction of sp³-hybridized carbons (Fsp3) is 0.125. The van der Waals surface area contributed by atoms with Crippen molar-refractivity contribution in [3.05, 3.63) is 105 Å². The first-order valence-electron chi connectivity index (χ1n) is 10.3. The van der Waals surface area contributed by atoms with Crippen LogP contribution >= 0.6 is 42.4 Å². The van der Waals surface area contributed by atoms with E-state index in [4.69, 9.17) is 59.1 Å². The second-order valence-corrected chi connectivity index (χ2v) is 10.7. The van der Waals surface area contributed by atoms with Crippen molar-refractivity contribution in [1.82, 2.24) is 0 Å². The number of rotatable bonds is 8. The Labute approximate surface area is 221 Å². The van der Waals surface area contributed by atoms with Crippen molar-refractivity contribution in [2.75, 3.05) is 6.35 Å². The molecule has 2 atom stereocenters. The SMILES string of the molecule is NC(=O)c1cc(F)ccc1OCc1c(Cl)cc(OC[P@@]2(=O)OC=C[C@@H](c3cccc(Cl)c3)O2)cc1Cl. The van der Waals surface area contributed by atoms with E-state index >= 15 is 0 Å². The van der Waals surface area contributed by atoms with Gasteiger partial charge in [0.2, 0.25) is 6.35 Å². The molecular formula is C24H18Cl3FNO6P. The van der Waals surface area contributed by atoms with E-state index in [0.717, 1.165) is 12.1 Å². The molecule has 7 nitrogen and oxygen atoms in total. The Morgan fingerprint density at radius 3 is 2.50 bits per heavy atom. The van der Waals surface area contributed by atoms with Gasteiger partial charge in [-0.15, -0.1) is 0 Å². The largest absolute Gasteiger partial charge is 0.488 e. The van der Waals surface area contributed by atoms with E-state index in [-0.39, 0.29) is 33.7 Å². The summed E-state index contributed by atoms with van der Waals surface area (Å²) >= 11 is 18.7. The maximum atomic E-state index is 13.4. The molecular weight excluding hydrogens is 555 g/mol. The smallest absolute Gasteiger partial charge is 0.416 e. The number of hydrogen-bond acceptors (Lipinski definition) is 6. The van der Waals surface area contributed by atoms with Crippen LogP contribution in [-0.4, -0.2) is 12.3 Å². The minimum Gasteiger partial charge on any atom is -0.488 e. The molecule has 0 aromatic heterocycles. The summed E-state index contributed by atoms with van der Waals surface area (Å²) in [5.74, 6) is -1.19. The molecule has 2 N–H and O–H groups in total. The van der Waals surface area contributed by atoms with Gasteiger partial charge >= 0.3 is 7.60 Å². The van der Waals surface area contributed by atoms with E-state index < -0.39 is 31.8 Å². The van der Waals surface area contributed by atoms with E-state index in [0.29, 0.717) is 16.1 Å². The number of carbonyl (C=O) groups excluding carboxylic acids is 1. The third kappa shape index (κ3) is 6.33. The van der Waals surface area contributed by atoms with Gasteiger partial charge in [0, 0.05) is 10.6 Å². The van der Waals surface area contributed by atoms with Crippen LogP contribution in [0, 0.1) is 5.82 Å². The summed E-state index contributed by atoms with van der Waals surface area (Å²) in [7, 11) is -3.67. The quantitative estimate of drug-likeness (QED) is 0.285. The number of halogens is 4. The highest BCUT2D eigenvalue weighted by molar-refractivity contribution is 7.53. The number of nitrogens with two attached hydrogens (primary N) is 1. The Morgan fingerprint density at radius 2 is 1.81 bits per heavy atom. The molecule has 0 unspecified atom stereocenters. The van der Waals surface area contributed by atoms with Crippen LogP contribution in [0.4, 0.5) is 4.39 Å². The minimum atomic E-state index is -3.67. The fourth-order valence-electron chi connectivity index (χ4n) is 3.27. The summed E-state index contributed by atoms with van der Waals surface area (Å²) < 4.78 is 48.6. The van der Waals surface area contributed by atoms with Crippen LogP contribution in [-0.2, 0) is 20.2 Å². The zero-order chi connectivity index (χ0) is 25.9. The van der Waals surface area contributed by atoms with E-state index in [1.807, 2.05) is 0 Å². The average molecular weight is 573 g/mol. The van der Waals surface area contributed by atoms with Gasteiger partial charge in [0.25, 0.3) is 5.91 Å². The van der Waals surface area contributed by atoms with Crippen molar-refractivity contribution in [1.29, 1.82) is 0 Å². The summed E-state index contributed by atoms with van der Waals surface area (Å²) in [5, 5.41) is 0.877. The molecule has 1 aliphatic rings. The van der Waals surface area contributed by atoms with Crippen molar-refractivity contribution in [2.45, 2.75) is 12.7 Å². The summed E-state index contributed by atoms with van der Waals surface area (Å²) in [6.07, 6.45) is 1.87.